The summed E-state index contributed by atoms with van der Waals surface area (Å²) in [4.78, 5) is 26.0. The second-order valence-electron chi connectivity index (χ2n) is 7.36. The highest BCUT2D eigenvalue weighted by molar-refractivity contribution is 5.93. The fourth-order valence-corrected chi connectivity index (χ4v) is 3.10. The maximum atomic E-state index is 12.5. The van der Waals surface area contributed by atoms with Gasteiger partial charge in [-0.2, -0.15) is 0 Å². The van der Waals surface area contributed by atoms with E-state index in [0.717, 1.165) is 18.5 Å². The van der Waals surface area contributed by atoms with Crippen LogP contribution < -0.4 is 5.32 Å². The second kappa shape index (κ2) is 7.82. The van der Waals surface area contributed by atoms with Crippen LogP contribution in [0.2, 0.25) is 0 Å². The first-order chi connectivity index (χ1) is 11.3. The van der Waals surface area contributed by atoms with Gasteiger partial charge in [0.2, 0.25) is 11.8 Å². The number of hydrogen-bond acceptors (Lipinski definition) is 2. The SMILES string of the molecule is CC(=O)N(CCC(=O)Nc1c(C(C)C)cccc1C(C)C)C1CC1. The summed E-state index contributed by atoms with van der Waals surface area (Å²) in [6.45, 7) is 10.6. The van der Waals surface area contributed by atoms with E-state index in [1.807, 2.05) is 4.90 Å². The van der Waals surface area contributed by atoms with Gasteiger partial charge in [0, 0.05) is 31.6 Å². The summed E-state index contributed by atoms with van der Waals surface area (Å²) in [5.74, 6) is 0.742. The van der Waals surface area contributed by atoms with Gasteiger partial charge in [-0.3, -0.25) is 9.59 Å². The molecule has 1 saturated carbocycles. The summed E-state index contributed by atoms with van der Waals surface area (Å²) < 4.78 is 0. The second-order valence-corrected chi connectivity index (χ2v) is 7.36. The molecule has 4 heteroatoms. The molecule has 1 fully saturated rings. The zero-order valence-corrected chi connectivity index (χ0v) is 15.6. The number of hydrogen-bond donors (Lipinski definition) is 1. The third-order valence-electron chi connectivity index (χ3n) is 4.61. The third-order valence-corrected chi connectivity index (χ3v) is 4.61. The maximum absolute atomic E-state index is 12.5. The highest BCUT2D eigenvalue weighted by atomic mass is 16.2. The number of carbonyl (C=O) groups excluding carboxylic acids is 2. The molecule has 2 amide bonds. The van der Waals surface area contributed by atoms with Gasteiger partial charge in [0.1, 0.15) is 0 Å². The molecular formula is C20H30N2O2. The number of nitrogens with zero attached hydrogens (tertiary/aromatic N) is 1. The molecule has 2 rings (SSSR count). The Morgan fingerprint density at radius 1 is 1.12 bits per heavy atom. The molecule has 1 aliphatic carbocycles. The van der Waals surface area contributed by atoms with E-state index in [4.69, 9.17) is 0 Å². The number of nitrogens with one attached hydrogen (secondary N) is 1. The molecule has 1 aliphatic rings. The van der Waals surface area contributed by atoms with Gasteiger partial charge >= 0.3 is 0 Å². The lowest BCUT2D eigenvalue weighted by atomic mass is 9.92. The normalized spacial score (nSPS) is 14.1. The molecule has 4 nitrogen and oxygen atoms in total. The van der Waals surface area contributed by atoms with Crippen LogP contribution in [0, 0.1) is 0 Å². The van der Waals surface area contributed by atoms with E-state index in [1.165, 1.54) is 11.1 Å². The van der Waals surface area contributed by atoms with Crippen molar-refractivity contribution in [2.45, 2.75) is 71.8 Å². The number of carbonyl (C=O) groups is 2. The van der Waals surface area contributed by atoms with Gasteiger partial charge in [0.15, 0.2) is 0 Å². The van der Waals surface area contributed by atoms with E-state index in [-0.39, 0.29) is 11.8 Å². The van der Waals surface area contributed by atoms with Crippen molar-refractivity contribution in [3.8, 4) is 0 Å². The molecule has 0 heterocycles. The molecule has 0 aromatic heterocycles. The van der Waals surface area contributed by atoms with Crippen molar-refractivity contribution in [1.29, 1.82) is 0 Å². The van der Waals surface area contributed by atoms with Gasteiger partial charge in [-0.05, 0) is 35.8 Å². The zero-order valence-electron chi connectivity index (χ0n) is 15.6. The minimum Gasteiger partial charge on any atom is -0.339 e. The van der Waals surface area contributed by atoms with Crippen LogP contribution in [0.1, 0.15) is 76.8 Å². The van der Waals surface area contributed by atoms with E-state index in [0.29, 0.717) is 30.8 Å². The lowest BCUT2D eigenvalue weighted by Crippen LogP contribution is -2.34. The topological polar surface area (TPSA) is 49.4 Å². The minimum atomic E-state index is -0.0168. The first kappa shape index (κ1) is 18.5. The van der Waals surface area contributed by atoms with Crippen LogP contribution in [0.3, 0.4) is 0 Å². The van der Waals surface area contributed by atoms with Gasteiger partial charge in [-0.15, -0.1) is 0 Å². The van der Waals surface area contributed by atoms with Crippen molar-refractivity contribution in [2.24, 2.45) is 0 Å². The lowest BCUT2D eigenvalue weighted by molar-refractivity contribution is -0.129. The highest BCUT2D eigenvalue weighted by Gasteiger charge is 2.30. The predicted octanol–water partition coefficient (Wildman–Crippen LogP) is 4.27. The molecule has 0 radical (unpaired) electrons. The van der Waals surface area contributed by atoms with Crippen LogP contribution in [-0.2, 0) is 9.59 Å². The minimum absolute atomic E-state index is 0.0168. The Hall–Kier alpha value is -1.84. The van der Waals surface area contributed by atoms with Crippen LogP contribution in [0.5, 0.6) is 0 Å². The number of amides is 2. The van der Waals surface area contributed by atoms with Crippen molar-refractivity contribution >= 4 is 17.5 Å². The molecule has 0 saturated heterocycles. The number of para-hydroxylation sites is 1. The summed E-state index contributed by atoms with van der Waals surface area (Å²) in [5.41, 5.74) is 3.29. The first-order valence-corrected chi connectivity index (χ1v) is 9.01. The van der Waals surface area contributed by atoms with Crippen LogP contribution in [-0.4, -0.2) is 29.3 Å². The fourth-order valence-electron chi connectivity index (χ4n) is 3.10. The van der Waals surface area contributed by atoms with E-state index in [9.17, 15) is 9.59 Å². The highest BCUT2D eigenvalue weighted by Crippen LogP contribution is 2.32. The van der Waals surface area contributed by atoms with Gasteiger partial charge in [0.25, 0.3) is 0 Å². The van der Waals surface area contributed by atoms with E-state index in [1.54, 1.807) is 6.92 Å². The molecule has 1 aromatic rings. The van der Waals surface area contributed by atoms with Gasteiger partial charge in [0.05, 0.1) is 0 Å². The van der Waals surface area contributed by atoms with E-state index < -0.39 is 0 Å². The Balaban J connectivity index is 2.09. The molecule has 0 aliphatic heterocycles. The molecule has 1 N–H and O–H groups in total. The van der Waals surface area contributed by atoms with Crippen molar-refractivity contribution in [2.75, 3.05) is 11.9 Å². The van der Waals surface area contributed by atoms with Gasteiger partial charge in [-0.25, -0.2) is 0 Å². The molecule has 1 aromatic carbocycles. The molecule has 0 spiro atoms. The average molecular weight is 330 g/mol. The third kappa shape index (κ3) is 4.59. The zero-order chi connectivity index (χ0) is 17.9. The smallest absolute Gasteiger partial charge is 0.226 e. The molecule has 24 heavy (non-hydrogen) atoms. The average Bonchev–Trinajstić information content (AvgIpc) is 3.31. The first-order valence-electron chi connectivity index (χ1n) is 9.01. The van der Waals surface area contributed by atoms with Gasteiger partial charge in [-0.1, -0.05) is 45.9 Å². The van der Waals surface area contributed by atoms with Crippen molar-refractivity contribution in [3.05, 3.63) is 29.3 Å². The summed E-state index contributed by atoms with van der Waals surface area (Å²) in [6, 6.07) is 6.57. The van der Waals surface area contributed by atoms with Gasteiger partial charge < -0.3 is 10.2 Å². The van der Waals surface area contributed by atoms with E-state index >= 15 is 0 Å². The van der Waals surface area contributed by atoms with Crippen molar-refractivity contribution < 1.29 is 9.59 Å². The summed E-state index contributed by atoms with van der Waals surface area (Å²) >= 11 is 0. The Morgan fingerprint density at radius 2 is 1.67 bits per heavy atom. The van der Waals surface area contributed by atoms with Crippen molar-refractivity contribution in [1.82, 2.24) is 4.90 Å². The van der Waals surface area contributed by atoms with Crippen LogP contribution in [0.15, 0.2) is 18.2 Å². The predicted molar refractivity (Wildman–Crippen MR) is 98.3 cm³/mol. The number of anilines is 1. The monoisotopic (exact) mass is 330 g/mol. The Morgan fingerprint density at radius 3 is 2.08 bits per heavy atom. The largest absolute Gasteiger partial charge is 0.339 e. The summed E-state index contributed by atoms with van der Waals surface area (Å²) in [5, 5.41) is 3.12. The Kier molecular flexibility index (Phi) is 6.03. The molecule has 0 atom stereocenters. The van der Waals surface area contributed by atoms with Crippen molar-refractivity contribution in [3.63, 3.8) is 0 Å². The lowest BCUT2D eigenvalue weighted by Gasteiger charge is -2.22. The number of benzene rings is 1. The Bertz CT molecular complexity index is 577. The maximum Gasteiger partial charge on any atom is 0.226 e. The molecule has 0 bridgehead atoms. The summed E-state index contributed by atoms with van der Waals surface area (Å²) in [7, 11) is 0. The number of rotatable bonds is 7. The molecule has 0 unspecified atom stereocenters. The quantitative estimate of drug-likeness (QED) is 0.811. The summed E-state index contributed by atoms with van der Waals surface area (Å²) in [6.07, 6.45) is 2.48. The van der Waals surface area contributed by atoms with E-state index in [2.05, 4.69) is 51.2 Å². The van der Waals surface area contributed by atoms with Crippen LogP contribution in [0.4, 0.5) is 5.69 Å². The van der Waals surface area contributed by atoms with Crippen LogP contribution >= 0.6 is 0 Å². The molecular weight excluding hydrogens is 300 g/mol. The fraction of sp³-hybridized carbons (Fsp3) is 0.600. The van der Waals surface area contributed by atoms with Crippen LogP contribution in [0.25, 0.3) is 0 Å². The molecule has 132 valence electrons. The Labute approximate surface area is 145 Å². The standard InChI is InChI=1S/C20H30N2O2/c1-13(2)17-7-6-8-18(14(3)4)20(17)21-19(24)11-12-22(15(5)23)16-9-10-16/h6-8,13-14,16H,9-12H2,1-5H3,(H,21,24).